The standard InChI is InChI=1S/C21H38O3/c1-2-3-4-5-6-7-8-9-10-11-12-13-14-15-16-17-21(22)24-19-20-18-23-20/h9-10,20H,2-8,11-19H2,1H3/b10-9+/t20-/m0/s1. The van der Waals surface area contributed by atoms with E-state index in [4.69, 9.17) is 9.47 Å². The maximum absolute atomic E-state index is 11.4. The normalized spacial score (nSPS) is 16.6. The second-order valence-electron chi connectivity index (χ2n) is 6.97. The van der Waals surface area contributed by atoms with Crippen LogP contribution in [0.15, 0.2) is 12.2 Å². The molecule has 1 atom stereocenters. The zero-order valence-corrected chi connectivity index (χ0v) is 15.8. The van der Waals surface area contributed by atoms with Crippen molar-refractivity contribution in [3.63, 3.8) is 0 Å². The first-order chi connectivity index (χ1) is 11.8. The summed E-state index contributed by atoms with van der Waals surface area (Å²) in [7, 11) is 0. The molecular formula is C21H38O3. The van der Waals surface area contributed by atoms with E-state index >= 15 is 0 Å². The highest BCUT2D eigenvalue weighted by Gasteiger charge is 2.23. The molecule has 3 nitrogen and oxygen atoms in total. The quantitative estimate of drug-likeness (QED) is 0.142. The molecule has 1 aliphatic rings. The lowest BCUT2D eigenvalue weighted by Crippen LogP contribution is -2.09. The summed E-state index contributed by atoms with van der Waals surface area (Å²) < 4.78 is 10.1. The van der Waals surface area contributed by atoms with Crippen LogP contribution >= 0.6 is 0 Å². The van der Waals surface area contributed by atoms with Crippen molar-refractivity contribution in [2.75, 3.05) is 13.2 Å². The number of epoxide rings is 1. The number of carbonyl (C=O) groups is 1. The second-order valence-corrected chi connectivity index (χ2v) is 6.97. The van der Waals surface area contributed by atoms with Gasteiger partial charge in [0, 0.05) is 6.42 Å². The van der Waals surface area contributed by atoms with Gasteiger partial charge in [0.05, 0.1) is 6.61 Å². The highest BCUT2D eigenvalue weighted by Crippen LogP contribution is 2.12. The van der Waals surface area contributed by atoms with Gasteiger partial charge >= 0.3 is 5.97 Å². The van der Waals surface area contributed by atoms with E-state index in [0.717, 1.165) is 19.4 Å². The summed E-state index contributed by atoms with van der Waals surface area (Å²) in [5, 5.41) is 0. The van der Waals surface area contributed by atoms with E-state index in [1.54, 1.807) is 0 Å². The Morgan fingerprint density at radius 1 is 0.917 bits per heavy atom. The molecule has 0 radical (unpaired) electrons. The summed E-state index contributed by atoms with van der Waals surface area (Å²) in [6, 6.07) is 0. The van der Waals surface area contributed by atoms with Crippen molar-refractivity contribution in [3.05, 3.63) is 12.2 Å². The van der Waals surface area contributed by atoms with Gasteiger partial charge in [-0.25, -0.2) is 0 Å². The van der Waals surface area contributed by atoms with E-state index in [-0.39, 0.29) is 12.1 Å². The molecule has 0 aromatic rings. The molecule has 0 aliphatic carbocycles. The van der Waals surface area contributed by atoms with Crippen molar-refractivity contribution < 1.29 is 14.3 Å². The SMILES string of the molecule is CCCCCCCC/C=C/CCCCCCCC(=O)OC[C@@H]1CO1. The van der Waals surface area contributed by atoms with E-state index in [2.05, 4.69) is 19.1 Å². The lowest BCUT2D eigenvalue weighted by Gasteiger charge is -2.02. The van der Waals surface area contributed by atoms with Crippen LogP contribution in [0, 0.1) is 0 Å². The van der Waals surface area contributed by atoms with Crippen LogP contribution in [-0.4, -0.2) is 25.3 Å². The number of allylic oxidation sites excluding steroid dienone is 2. The summed E-state index contributed by atoms with van der Waals surface area (Å²) in [6.07, 6.45) is 22.1. The summed E-state index contributed by atoms with van der Waals surface area (Å²) in [4.78, 5) is 11.4. The van der Waals surface area contributed by atoms with Crippen molar-refractivity contribution in [2.24, 2.45) is 0 Å². The first kappa shape index (κ1) is 21.2. The van der Waals surface area contributed by atoms with E-state index in [0.29, 0.717) is 13.0 Å². The van der Waals surface area contributed by atoms with Crippen LogP contribution < -0.4 is 0 Å². The molecule has 1 fully saturated rings. The van der Waals surface area contributed by atoms with E-state index < -0.39 is 0 Å². The maximum atomic E-state index is 11.4. The van der Waals surface area contributed by atoms with Gasteiger partial charge in [0.2, 0.25) is 0 Å². The average Bonchev–Trinajstić information content (AvgIpc) is 3.41. The van der Waals surface area contributed by atoms with E-state index in [1.807, 2.05) is 0 Å². The number of unbranched alkanes of at least 4 members (excludes halogenated alkanes) is 11. The zero-order valence-electron chi connectivity index (χ0n) is 15.8. The molecule has 0 saturated carbocycles. The Hall–Kier alpha value is -0.830. The van der Waals surface area contributed by atoms with Crippen LogP contribution in [0.1, 0.15) is 96.8 Å². The lowest BCUT2D eigenvalue weighted by atomic mass is 10.1. The summed E-state index contributed by atoms with van der Waals surface area (Å²) in [6.45, 7) is 3.47. The molecule has 0 amide bonds. The van der Waals surface area contributed by atoms with Crippen molar-refractivity contribution in [2.45, 2.75) is 103 Å². The number of ether oxygens (including phenoxy) is 2. The molecule has 0 spiro atoms. The van der Waals surface area contributed by atoms with Gasteiger partial charge in [-0.15, -0.1) is 0 Å². The van der Waals surface area contributed by atoms with Gasteiger partial charge in [0.1, 0.15) is 12.7 Å². The summed E-state index contributed by atoms with van der Waals surface area (Å²) in [5.74, 6) is -0.0665. The first-order valence-electron chi connectivity index (χ1n) is 10.2. The van der Waals surface area contributed by atoms with Crippen LogP contribution in [0.5, 0.6) is 0 Å². The fourth-order valence-corrected chi connectivity index (χ4v) is 2.76. The number of hydrogen-bond acceptors (Lipinski definition) is 3. The van der Waals surface area contributed by atoms with E-state index in [1.165, 1.54) is 70.6 Å². The van der Waals surface area contributed by atoms with Gasteiger partial charge in [-0.05, 0) is 32.1 Å². The minimum absolute atomic E-state index is 0.0665. The summed E-state index contributed by atoms with van der Waals surface area (Å²) >= 11 is 0. The second kappa shape index (κ2) is 15.7. The third-order valence-corrected chi connectivity index (χ3v) is 4.48. The van der Waals surface area contributed by atoms with Crippen molar-refractivity contribution in [1.29, 1.82) is 0 Å². The molecule has 0 aromatic heterocycles. The molecule has 0 unspecified atom stereocenters. The van der Waals surface area contributed by atoms with Gasteiger partial charge in [0.25, 0.3) is 0 Å². The Bertz CT molecular complexity index is 321. The topological polar surface area (TPSA) is 38.8 Å². The monoisotopic (exact) mass is 338 g/mol. The fraction of sp³-hybridized carbons (Fsp3) is 0.857. The number of carbonyl (C=O) groups excluding carboxylic acids is 1. The van der Waals surface area contributed by atoms with Crippen LogP contribution in [0.25, 0.3) is 0 Å². The molecule has 24 heavy (non-hydrogen) atoms. The molecule has 140 valence electrons. The minimum atomic E-state index is -0.0665. The van der Waals surface area contributed by atoms with Gasteiger partial charge in [0.15, 0.2) is 0 Å². The molecule has 0 N–H and O–H groups in total. The third-order valence-electron chi connectivity index (χ3n) is 4.48. The van der Waals surface area contributed by atoms with Crippen LogP contribution in [0.2, 0.25) is 0 Å². The number of hydrogen-bond donors (Lipinski definition) is 0. The Morgan fingerprint density at radius 3 is 2.04 bits per heavy atom. The molecule has 1 saturated heterocycles. The number of rotatable bonds is 17. The van der Waals surface area contributed by atoms with Crippen LogP contribution in [-0.2, 0) is 14.3 Å². The zero-order chi connectivity index (χ0) is 17.3. The lowest BCUT2D eigenvalue weighted by molar-refractivity contribution is -0.144. The predicted molar refractivity (Wildman–Crippen MR) is 100 cm³/mol. The first-order valence-corrected chi connectivity index (χ1v) is 10.2. The molecule has 1 aliphatic heterocycles. The smallest absolute Gasteiger partial charge is 0.305 e. The Morgan fingerprint density at radius 2 is 1.46 bits per heavy atom. The van der Waals surface area contributed by atoms with Gasteiger partial charge < -0.3 is 9.47 Å². The van der Waals surface area contributed by atoms with Gasteiger partial charge in [-0.1, -0.05) is 70.4 Å². The molecule has 0 aromatic carbocycles. The predicted octanol–water partition coefficient (Wildman–Crippen LogP) is 5.97. The maximum Gasteiger partial charge on any atom is 0.305 e. The third kappa shape index (κ3) is 14.7. The Kier molecular flexibility index (Phi) is 13.9. The highest BCUT2D eigenvalue weighted by molar-refractivity contribution is 5.69. The van der Waals surface area contributed by atoms with E-state index in [9.17, 15) is 4.79 Å². The molecular weight excluding hydrogens is 300 g/mol. The molecule has 1 heterocycles. The van der Waals surface area contributed by atoms with Crippen molar-refractivity contribution in [3.8, 4) is 0 Å². The molecule has 3 heteroatoms. The van der Waals surface area contributed by atoms with Gasteiger partial charge in [-0.2, -0.15) is 0 Å². The van der Waals surface area contributed by atoms with Gasteiger partial charge in [-0.3, -0.25) is 4.79 Å². The summed E-state index contributed by atoms with van der Waals surface area (Å²) in [5.41, 5.74) is 0. The largest absolute Gasteiger partial charge is 0.463 e. The highest BCUT2D eigenvalue weighted by atomic mass is 16.6. The molecule has 1 rings (SSSR count). The minimum Gasteiger partial charge on any atom is -0.463 e. The average molecular weight is 339 g/mol. The van der Waals surface area contributed by atoms with Crippen LogP contribution in [0.3, 0.4) is 0 Å². The van der Waals surface area contributed by atoms with Crippen molar-refractivity contribution in [1.82, 2.24) is 0 Å². The van der Waals surface area contributed by atoms with Crippen molar-refractivity contribution >= 4 is 5.97 Å². The number of esters is 1. The Balaban J connectivity index is 1.72. The molecule has 0 bridgehead atoms. The van der Waals surface area contributed by atoms with Crippen LogP contribution in [0.4, 0.5) is 0 Å². The fourth-order valence-electron chi connectivity index (χ4n) is 2.76. The Labute approximate surface area is 149 Å².